The first kappa shape index (κ1) is 26.6. The Morgan fingerprint density at radius 1 is 1.11 bits per heavy atom. The van der Waals surface area contributed by atoms with Crippen LogP contribution in [0, 0.1) is 26.7 Å². The molecule has 0 bridgehead atoms. The van der Waals surface area contributed by atoms with E-state index < -0.39 is 5.97 Å². The van der Waals surface area contributed by atoms with E-state index >= 15 is 0 Å². The van der Waals surface area contributed by atoms with Crippen LogP contribution in [-0.2, 0) is 17.8 Å². The average molecular weight is 502 g/mol. The van der Waals surface area contributed by atoms with Crippen LogP contribution >= 0.6 is 0 Å². The number of carbonyl (C=O) groups excluding carboxylic acids is 1. The fourth-order valence-electron chi connectivity index (χ4n) is 5.85. The van der Waals surface area contributed by atoms with Gasteiger partial charge in [-0.3, -0.25) is 9.59 Å². The van der Waals surface area contributed by atoms with Gasteiger partial charge in [-0.25, -0.2) is 4.98 Å². The number of aliphatic carboxylic acids is 1. The summed E-state index contributed by atoms with van der Waals surface area (Å²) in [5.74, 6) is -0.440. The second kappa shape index (κ2) is 11.3. The molecule has 4 rings (SSSR count). The number of benzene rings is 2. The van der Waals surface area contributed by atoms with Gasteiger partial charge in [-0.2, -0.15) is 0 Å². The molecule has 2 aromatic carbocycles. The Morgan fingerprint density at radius 2 is 1.84 bits per heavy atom. The lowest BCUT2D eigenvalue weighted by Gasteiger charge is -2.19. The van der Waals surface area contributed by atoms with E-state index in [1.54, 1.807) is 0 Å². The van der Waals surface area contributed by atoms with Crippen molar-refractivity contribution in [1.82, 2.24) is 9.55 Å². The highest BCUT2D eigenvalue weighted by Crippen LogP contribution is 2.41. The van der Waals surface area contributed by atoms with Crippen molar-refractivity contribution < 1.29 is 14.7 Å². The van der Waals surface area contributed by atoms with Gasteiger partial charge in [0.05, 0.1) is 5.92 Å². The molecule has 2 N–H and O–H groups in total. The number of carboxylic acids is 1. The van der Waals surface area contributed by atoms with Crippen LogP contribution in [0.5, 0.6) is 0 Å². The average Bonchev–Trinajstić information content (AvgIpc) is 3.46. The number of nitrogens with one attached hydrogen (secondary N) is 1. The SMILES string of the molecule is CCCCCn1cc(C(=O)Nc2c(C)cc(C)cc2C)nc1-c1ccc2c(c1)CCC2C(CC)C(=O)O. The highest BCUT2D eigenvalue weighted by atomic mass is 16.4. The van der Waals surface area contributed by atoms with Crippen molar-refractivity contribution in [3.05, 3.63) is 70.0 Å². The first-order valence-electron chi connectivity index (χ1n) is 13.6. The summed E-state index contributed by atoms with van der Waals surface area (Å²) in [6, 6.07) is 10.4. The summed E-state index contributed by atoms with van der Waals surface area (Å²) in [5.41, 5.74) is 7.80. The van der Waals surface area contributed by atoms with Crippen LogP contribution in [-0.4, -0.2) is 26.5 Å². The molecule has 6 heteroatoms. The molecule has 196 valence electrons. The zero-order valence-electron chi connectivity index (χ0n) is 22.7. The lowest BCUT2D eigenvalue weighted by molar-refractivity contribution is -0.142. The number of imidazole rings is 1. The van der Waals surface area contributed by atoms with Crippen molar-refractivity contribution in [1.29, 1.82) is 0 Å². The third-order valence-electron chi connectivity index (χ3n) is 7.70. The summed E-state index contributed by atoms with van der Waals surface area (Å²) in [6.45, 7) is 11.0. The molecule has 1 aliphatic rings. The number of carbonyl (C=O) groups is 2. The Kier molecular flexibility index (Phi) is 8.16. The lowest BCUT2D eigenvalue weighted by atomic mass is 9.85. The molecule has 37 heavy (non-hydrogen) atoms. The number of amides is 1. The van der Waals surface area contributed by atoms with Crippen LogP contribution in [0.15, 0.2) is 36.5 Å². The highest BCUT2D eigenvalue weighted by Gasteiger charge is 2.33. The fourth-order valence-corrected chi connectivity index (χ4v) is 5.85. The molecule has 1 aliphatic carbocycles. The first-order valence-corrected chi connectivity index (χ1v) is 13.6. The van der Waals surface area contributed by atoms with Crippen molar-refractivity contribution in [2.24, 2.45) is 5.92 Å². The number of fused-ring (bicyclic) bond motifs is 1. The maximum Gasteiger partial charge on any atom is 0.307 e. The number of unbranched alkanes of at least 4 members (excludes halogenated alkanes) is 2. The van der Waals surface area contributed by atoms with E-state index in [0.717, 1.165) is 72.4 Å². The van der Waals surface area contributed by atoms with Crippen LogP contribution < -0.4 is 5.32 Å². The number of nitrogens with zero attached hydrogens (tertiary/aromatic N) is 2. The van der Waals surface area contributed by atoms with Crippen LogP contribution in [0.2, 0.25) is 0 Å². The third kappa shape index (κ3) is 5.63. The number of anilines is 1. The van der Waals surface area contributed by atoms with Gasteiger partial charge in [0.2, 0.25) is 0 Å². The van der Waals surface area contributed by atoms with Gasteiger partial charge in [0.15, 0.2) is 0 Å². The number of hydrogen-bond donors (Lipinski definition) is 2. The highest BCUT2D eigenvalue weighted by molar-refractivity contribution is 6.04. The van der Waals surface area contributed by atoms with Gasteiger partial charge in [-0.1, -0.05) is 56.5 Å². The summed E-state index contributed by atoms with van der Waals surface area (Å²) < 4.78 is 2.10. The molecule has 2 unspecified atom stereocenters. The predicted octanol–water partition coefficient (Wildman–Crippen LogP) is 7.06. The normalized spacial score (nSPS) is 15.4. The molecule has 0 saturated heterocycles. The molecule has 0 fully saturated rings. The van der Waals surface area contributed by atoms with Crippen molar-refractivity contribution in [3.8, 4) is 11.4 Å². The fraction of sp³-hybridized carbons (Fsp3) is 0.452. The predicted molar refractivity (Wildman–Crippen MR) is 148 cm³/mol. The minimum absolute atomic E-state index is 0.0539. The van der Waals surface area contributed by atoms with Crippen molar-refractivity contribution in [2.75, 3.05) is 5.32 Å². The van der Waals surface area contributed by atoms with E-state index in [4.69, 9.17) is 4.98 Å². The van der Waals surface area contributed by atoms with E-state index in [-0.39, 0.29) is 17.7 Å². The second-order valence-electron chi connectivity index (χ2n) is 10.5. The summed E-state index contributed by atoms with van der Waals surface area (Å²) in [7, 11) is 0. The lowest BCUT2D eigenvalue weighted by Crippen LogP contribution is -2.19. The van der Waals surface area contributed by atoms with Crippen LogP contribution in [0.3, 0.4) is 0 Å². The van der Waals surface area contributed by atoms with E-state index in [1.807, 2.05) is 33.0 Å². The largest absolute Gasteiger partial charge is 0.481 e. The maximum absolute atomic E-state index is 13.3. The van der Waals surface area contributed by atoms with Gasteiger partial charge in [-0.15, -0.1) is 0 Å². The zero-order valence-corrected chi connectivity index (χ0v) is 22.7. The Balaban J connectivity index is 1.66. The second-order valence-corrected chi connectivity index (χ2v) is 10.5. The number of aryl methyl sites for hydroxylation is 5. The molecule has 1 aromatic heterocycles. The van der Waals surface area contributed by atoms with Crippen LogP contribution in [0.25, 0.3) is 11.4 Å². The molecule has 2 atom stereocenters. The van der Waals surface area contributed by atoms with Gasteiger partial charge in [0, 0.05) is 24.0 Å². The van der Waals surface area contributed by atoms with Crippen molar-refractivity contribution >= 4 is 17.6 Å². The summed E-state index contributed by atoms with van der Waals surface area (Å²) in [4.78, 5) is 29.9. The Bertz CT molecular complexity index is 1280. The quantitative estimate of drug-likeness (QED) is 0.291. The number of hydrogen-bond acceptors (Lipinski definition) is 3. The Morgan fingerprint density at radius 3 is 2.49 bits per heavy atom. The number of rotatable bonds is 10. The van der Waals surface area contributed by atoms with Crippen molar-refractivity contribution in [2.45, 2.75) is 85.6 Å². The van der Waals surface area contributed by atoms with Gasteiger partial charge >= 0.3 is 5.97 Å². The van der Waals surface area contributed by atoms with E-state index in [2.05, 4.69) is 48.0 Å². The molecule has 0 aliphatic heterocycles. The summed E-state index contributed by atoms with van der Waals surface area (Å²) in [6.07, 6.45) is 7.46. The maximum atomic E-state index is 13.3. The molecule has 1 heterocycles. The molecule has 1 amide bonds. The molecule has 0 spiro atoms. The van der Waals surface area contributed by atoms with Crippen molar-refractivity contribution in [3.63, 3.8) is 0 Å². The molecule has 3 aromatic rings. The van der Waals surface area contributed by atoms with Crippen LogP contribution in [0.1, 0.15) is 90.2 Å². The zero-order chi connectivity index (χ0) is 26.7. The molecular weight excluding hydrogens is 462 g/mol. The molecular formula is C31H39N3O3. The minimum Gasteiger partial charge on any atom is -0.481 e. The van der Waals surface area contributed by atoms with Gasteiger partial charge in [0.1, 0.15) is 11.5 Å². The van der Waals surface area contributed by atoms with E-state index in [1.165, 1.54) is 11.1 Å². The van der Waals surface area contributed by atoms with E-state index in [0.29, 0.717) is 12.1 Å². The Hall–Kier alpha value is -3.41. The monoisotopic (exact) mass is 501 g/mol. The third-order valence-corrected chi connectivity index (χ3v) is 7.70. The van der Waals surface area contributed by atoms with Gasteiger partial charge in [0.25, 0.3) is 5.91 Å². The van der Waals surface area contributed by atoms with Gasteiger partial charge < -0.3 is 15.0 Å². The molecule has 6 nitrogen and oxygen atoms in total. The van der Waals surface area contributed by atoms with E-state index in [9.17, 15) is 14.7 Å². The van der Waals surface area contributed by atoms with Gasteiger partial charge in [-0.05, 0) is 80.7 Å². The van der Waals surface area contributed by atoms with Crippen LogP contribution in [0.4, 0.5) is 5.69 Å². The molecule has 0 saturated carbocycles. The molecule has 0 radical (unpaired) electrons. The number of carboxylic acid groups (broad SMARTS) is 1. The topological polar surface area (TPSA) is 84.2 Å². The summed E-state index contributed by atoms with van der Waals surface area (Å²) >= 11 is 0. The first-order chi connectivity index (χ1) is 17.7. The number of aromatic nitrogens is 2. The Labute approximate surface area is 220 Å². The minimum atomic E-state index is -0.717. The standard InChI is InChI=1S/C31H39N3O3/c1-6-8-9-14-34-18-27(30(35)33-28-20(4)15-19(3)16-21(28)5)32-29(34)23-11-12-25-22(17-23)10-13-26(25)24(7-2)31(36)37/h11-12,15-18,24,26H,6-10,13-14H2,1-5H3,(H,33,35)(H,36,37). The smallest absolute Gasteiger partial charge is 0.307 e. The summed E-state index contributed by atoms with van der Waals surface area (Å²) in [5, 5.41) is 12.8.